The van der Waals surface area contributed by atoms with Crippen LogP contribution in [0.1, 0.15) is 36.1 Å². The van der Waals surface area contributed by atoms with E-state index < -0.39 is 10.0 Å². The van der Waals surface area contributed by atoms with Crippen molar-refractivity contribution in [3.63, 3.8) is 0 Å². The lowest BCUT2D eigenvalue weighted by Crippen LogP contribution is -2.41. The molecule has 146 valence electrons. The quantitative estimate of drug-likeness (QED) is 0.687. The first-order valence-corrected chi connectivity index (χ1v) is 11.4. The van der Waals surface area contributed by atoms with Gasteiger partial charge in [0.15, 0.2) is 0 Å². The van der Waals surface area contributed by atoms with Crippen molar-refractivity contribution in [3.05, 3.63) is 63.6 Å². The predicted octanol–water partition coefficient (Wildman–Crippen LogP) is 4.10. The Bertz CT molecular complexity index is 929. The number of anilines is 1. The van der Waals surface area contributed by atoms with E-state index in [1.165, 1.54) is 5.56 Å². The molecule has 0 aromatic heterocycles. The molecule has 1 atom stereocenters. The van der Waals surface area contributed by atoms with Crippen molar-refractivity contribution < 1.29 is 13.2 Å². The minimum Gasteiger partial charge on any atom is -0.348 e. The van der Waals surface area contributed by atoms with Crippen LogP contribution in [-0.4, -0.2) is 27.1 Å². The third-order valence-corrected chi connectivity index (χ3v) is 6.09. The number of halogens is 1. The highest BCUT2D eigenvalue weighted by Crippen LogP contribution is 2.23. The summed E-state index contributed by atoms with van der Waals surface area (Å²) in [7, 11) is -3.60. The maximum Gasteiger partial charge on any atom is 0.241 e. The van der Waals surface area contributed by atoms with Crippen molar-refractivity contribution in [2.24, 2.45) is 0 Å². The minimum absolute atomic E-state index is 0.166. The van der Waals surface area contributed by atoms with Crippen LogP contribution in [0.25, 0.3) is 0 Å². The Labute approximate surface area is 170 Å². The largest absolute Gasteiger partial charge is 0.348 e. The molecule has 0 fully saturated rings. The van der Waals surface area contributed by atoms with Crippen LogP contribution in [0, 0.1) is 13.8 Å². The molecule has 0 saturated carbocycles. The fourth-order valence-electron chi connectivity index (χ4n) is 2.80. The summed E-state index contributed by atoms with van der Waals surface area (Å²) >= 11 is 3.34. The Morgan fingerprint density at radius 2 is 1.85 bits per heavy atom. The molecule has 27 heavy (non-hydrogen) atoms. The zero-order valence-corrected chi connectivity index (χ0v) is 18.4. The molecular formula is C20H25BrN2O3S. The highest BCUT2D eigenvalue weighted by atomic mass is 79.9. The number of hydrogen-bond acceptors (Lipinski definition) is 3. The van der Waals surface area contributed by atoms with Crippen LogP contribution in [0.4, 0.5) is 5.69 Å². The van der Waals surface area contributed by atoms with Gasteiger partial charge >= 0.3 is 0 Å². The Morgan fingerprint density at radius 1 is 1.15 bits per heavy atom. The molecule has 0 saturated heterocycles. The summed E-state index contributed by atoms with van der Waals surface area (Å²) in [6.45, 7) is 5.80. The maximum absolute atomic E-state index is 12.6. The Kier molecular flexibility index (Phi) is 7.06. The molecule has 1 amide bonds. The number of nitrogens with one attached hydrogen (secondary N) is 1. The van der Waals surface area contributed by atoms with Crippen molar-refractivity contribution in [3.8, 4) is 0 Å². The Morgan fingerprint density at radius 3 is 2.41 bits per heavy atom. The fourth-order valence-corrected chi connectivity index (χ4v) is 4.04. The summed E-state index contributed by atoms with van der Waals surface area (Å²) in [6.07, 6.45) is 1.81. The smallest absolute Gasteiger partial charge is 0.241 e. The zero-order valence-electron chi connectivity index (χ0n) is 16.0. The Hall–Kier alpha value is -1.86. The normalized spacial score (nSPS) is 12.5. The van der Waals surface area contributed by atoms with Gasteiger partial charge in [0.25, 0.3) is 0 Å². The van der Waals surface area contributed by atoms with E-state index in [9.17, 15) is 13.2 Å². The molecule has 0 spiro atoms. The summed E-state index contributed by atoms with van der Waals surface area (Å²) in [4.78, 5) is 12.6. The number of carbonyl (C=O) groups excluding carboxylic acids is 1. The lowest BCUT2D eigenvalue weighted by atomic mass is 9.99. The third-order valence-electron chi connectivity index (χ3n) is 4.46. The first-order valence-electron chi connectivity index (χ1n) is 8.71. The van der Waals surface area contributed by atoms with E-state index in [1.54, 1.807) is 24.3 Å². The van der Waals surface area contributed by atoms with E-state index >= 15 is 0 Å². The fraction of sp³-hybridized carbons (Fsp3) is 0.350. The molecule has 7 heteroatoms. The predicted molar refractivity (Wildman–Crippen MR) is 113 cm³/mol. The molecule has 1 unspecified atom stereocenters. The molecular weight excluding hydrogens is 428 g/mol. The molecule has 2 rings (SSSR count). The monoisotopic (exact) mass is 452 g/mol. The number of benzene rings is 2. The van der Waals surface area contributed by atoms with Crippen LogP contribution in [0.5, 0.6) is 0 Å². The molecule has 0 bridgehead atoms. The van der Waals surface area contributed by atoms with Crippen LogP contribution in [-0.2, 0) is 14.8 Å². The molecule has 2 aromatic rings. The number of rotatable bonds is 7. The van der Waals surface area contributed by atoms with Crippen molar-refractivity contribution in [2.75, 3.05) is 17.1 Å². The van der Waals surface area contributed by atoms with E-state index in [1.807, 2.05) is 32.9 Å². The molecule has 0 radical (unpaired) electrons. The van der Waals surface area contributed by atoms with Gasteiger partial charge in [0, 0.05) is 4.47 Å². The topological polar surface area (TPSA) is 66.5 Å². The average Bonchev–Trinajstić information content (AvgIpc) is 2.59. The van der Waals surface area contributed by atoms with Gasteiger partial charge in [-0.25, -0.2) is 8.42 Å². The second-order valence-electron chi connectivity index (χ2n) is 6.62. The van der Waals surface area contributed by atoms with Crippen molar-refractivity contribution >= 4 is 37.5 Å². The lowest BCUT2D eigenvalue weighted by molar-refractivity contribution is -0.120. The van der Waals surface area contributed by atoms with E-state index in [2.05, 4.69) is 27.3 Å². The van der Waals surface area contributed by atoms with Gasteiger partial charge in [0.05, 0.1) is 18.0 Å². The molecule has 0 aliphatic rings. The van der Waals surface area contributed by atoms with Crippen LogP contribution in [0.3, 0.4) is 0 Å². The molecule has 0 heterocycles. The van der Waals surface area contributed by atoms with Crippen LogP contribution < -0.4 is 9.62 Å². The number of amides is 1. The summed E-state index contributed by atoms with van der Waals surface area (Å²) in [5, 5.41) is 2.96. The number of carbonyl (C=O) groups is 1. The summed E-state index contributed by atoms with van der Waals surface area (Å²) in [5.74, 6) is -0.342. The number of hydrogen-bond donors (Lipinski definition) is 1. The summed E-state index contributed by atoms with van der Waals surface area (Å²) < 4.78 is 26.3. The number of aryl methyl sites for hydroxylation is 2. The van der Waals surface area contributed by atoms with Gasteiger partial charge in [-0.05, 0) is 55.2 Å². The molecule has 1 N–H and O–H groups in total. The van der Waals surface area contributed by atoms with Crippen LogP contribution in [0.15, 0.2) is 46.9 Å². The highest BCUT2D eigenvalue weighted by Gasteiger charge is 2.22. The Balaban J connectivity index is 2.20. The first-order chi connectivity index (χ1) is 12.6. The van der Waals surface area contributed by atoms with Gasteiger partial charge < -0.3 is 5.32 Å². The second-order valence-corrected chi connectivity index (χ2v) is 9.44. The summed E-state index contributed by atoms with van der Waals surface area (Å²) in [5.41, 5.74) is 3.81. The molecule has 2 aromatic carbocycles. The van der Waals surface area contributed by atoms with Gasteiger partial charge in [0.1, 0.15) is 6.54 Å². The summed E-state index contributed by atoms with van der Waals surface area (Å²) in [6, 6.07) is 12.8. The van der Waals surface area contributed by atoms with Crippen molar-refractivity contribution in [1.82, 2.24) is 5.32 Å². The lowest BCUT2D eigenvalue weighted by Gasteiger charge is -2.24. The number of nitrogens with zero attached hydrogens (tertiary/aromatic N) is 1. The average molecular weight is 453 g/mol. The first kappa shape index (κ1) is 21.4. The van der Waals surface area contributed by atoms with Crippen molar-refractivity contribution in [2.45, 2.75) is 33.2 Å². The van der Waals surface area contributed by atoms with E-state index in [4.69, 9.17) is 0 Å². The maximum atomic E-state index is 12.6. The van der Waals surface area contributed by atoms with E-state index in [-0.39, 0.29) is 18.5 Å². The van der Waals surface area contributed by atoms with Crippen LogP contribution in [0.2, 0.25) is 0 Å². The van der Waals surface area contributed by atoms with Gasteiger partial charge in [-0.3, -0.25) is 9.10 Å². The number of sulfonamides is 1. The van der Waals surface area contributed by atoms with Crippen LogP contribution >= 0.6 is 15.9 Å². The molecule has 0 aliphatic carbocycles. The SMILES string of the molecule is CCC(NC(=O)CN(c1cccc(Br)c1)S(C)(=O)=O)c1ccc(C)c(C)c1. The van der Waals surface area contributed by atoms with Crippen molar-refractivity contribution in [1.29, 1.82) is 0 Å². The van der Waals surface area contributed by atoms with E-state index in [0.717, 1.165) is 26.2 Å². The standard InChI is InChI=1S/C20H25BrN2O3S/c1-5-19(16-10-9-14(2)15(3)11-16)22-20(24)13-23(27(4,25)26)18-8-6-7-17(21)12-18/h6-12,19H,5,13H2,1-4H3,(H,22,24). The molecule has 0 aliphatic heterocycles. The van der Waals surface area contributed by atoms with Gasteiger partial charge in [-0.15, -0.1) is 0 Å². The van der Waals surface area contributed by atoms with E-state index in [0.29, 0.717) is 12.1 Å². The third kappa shape index (κ3) is 5.81. The highest BCUT2D eigenvalue weighted by molar-refractivity contribution is 9.10. The zero-order chi connectivity index (χ0) is 20.2. The second kappa shape index (κ2) is 8.89. The van der Waals surface area contributed by atoms with Gasteiger partial charge in [-0.1, -0.05) is 47.1 Å². The van der Waals surface area contributed by atoms with Gasteiger partial charge in [-0.2, -0.15) is 0 Å². The molecule has 5 nitrogen and oxygen atoms in total. The van der Waals surface area contributed by atoms with Gasteiger partial charge in [0.2, 0.25) is 15.9 Å². The minimum atomic E-state index is -3.60.